The summed E-state index contributed by atoms with van der Waals surface area (Å²) in [6.07, 6.45) is 6.83. The Hall–Kier alpha value is -7.98. The molecule has 3 heterocycles. The number of hydrogen-bond acceptors (Lipinski definition) is 4. The van der Waals surface area contributed by atoms with Crippen molar-refractivity contribution in [1.29, 1.82) is 0 Å². The van der Waals surface area contributed by atoms with Crippen molar-refractivity contribution in [3.8, 4) is 61.8 Å². The number of anilines is 4. The third kappa shape index (κ3) is 12.1. The minimum absolute atomic E-state index is 0. The molecule has 9 aromatic carbocycles. The Bertz CT molecular complexity index is 4830. The monoisotopic (exact) mass is 1470 g/mol. The average molecular weight is 1470 g/mol. The maximum absolute atomic E-state index is 7.10. The van der Waals surface area contributed by atoms with E-state index in [4.69, 9.17) is 9.72 Å². The molecule has 506 valence electrons. The summed E-state index contributed by atoms with van der Waals surface area (Å²) in [6.45, 7) is 50.3. The predicted molar refractivity (Wildman–Crippen MR) is 411 cm³/mol. The molecule has 0 bridgehead atoms. The minimum Gasteiger partial charge on any atom is -0.509 e. The molecule has 5 nitrogen and oxygen atoms in total. The van der Waals surface area contributed by atoms with Crippen LogP contribution in [0.5, 0.6) is 11.5 Å². The third-order valence-electron chi connectivity index (χ3n) is 22.0. The van der Waals surface area contributed by atoms with Crippen LogP contribution in [-0.2, 0) is 64.4 Å². The molecule has 0 atom stereocenters. The number of nitrogens with zero attached hydrogens (tertiary/aromatic N) is 4. The van der Waals surface area contributed by atoms with E-state index >= 15 is 0 Å². The Morgan fingerprint density at radius 1 is 0.439 bits per heavy atom. The van der Waals surface area contributed by atoms with Crippen molar-refractivity contribution in [2.45, 2.75) is 207 Å². The van der Waals surface area contributed by atoms with E-state index in [2.05, 4.69) is 348 Å². The summed E-state index contributed by atoms with van der Waals surface area (Å²) in [5.41, 5.74) is 26.5. The van der Waals surface area contributed by atoms with Crippen LogP contribution in [0.4, 0.5) is 22.7 Å². The molecule has 0 radical (unpaired) electrons. The largest absolute Gasteiger partial charge is 0.509 e. The van der Waals surface area contributed by atoms with Crippen molar-refractivity contribution < 1.29 is 25.8 Å². The topological polar surface area (TPSA) is 33.5 Å². The van der Waals surface area contributed by atoms with Gasteiger partial charge in [0, 0.05) is 78.0 Å². The molecule has 0 unspecified atom stereocenters. The molecule has 14 rings (SSSR count). The summed E-state index contributed by atoms with van der Waals surface area (Å²) in [7, 11) is 0. The van der Waals surface area contributed by atoms with Gasteiger partial charge >= 0.3 is 0 Å². The molecule has 0 amide bonds. The van der Waals surface area contributed by atoms with E-state index in [-0.39, 0.29) is 64.4 Å². The molecule has 98 heavy (non-hydrogen) atoms. The van der Waals surface area contributed by atoms with Gasteiger partial charge in [-0.2, -0.15) is 12.1 Å². The Morgan fingerprint density at radius 2 is 0.939 bits per heavy atom. The molecule has 3 aliphatic rings. The van der Waals surface area contributed by atoms with Crippen molar-refractivity contribution in [3.63, 3.8) is 0 Å². The first-order chi connectivity index (χ1) is 45.6. The van der Waals surface area contributed by atoms with E-state index < -0.39 is 0 Å². The summed E-state index contributed by atoms with van der Waals surface area (Å²) >= 11 is 0. The number of para-hydroxylation sites is 2. The fourth-order valence-corrected chi connectivity index (χ4v) is 16.0. The number of hydrogen-bond donors (Lipinski definition) is 0. The van der Waals surface area contributed by atoms with Gasteiger partial charge in [0.1, 0.15) is 5.82 Å². The zero-order chi connectivity index (χ0) is 68.9. The van der Waals surface area contributed by atoms with Gasteiger partial charge in [-0.3, -0.25) is 0 Å². The molecular formula is C92H99N4OPt-3. The zero-order valence-electron chi connectivity index (χ0n) is 61.7. The number of benzene rings is 9. The average Bonchev–Trinajstić information content (AvgIpc) is 0.826. The Labute approximate surface area is 600 Å². The maximum atomic E-state index is 7.10. The fraction of sp³-hybridized carbons (Fsp3) is 0.348. The summed E-state index contributed by atoms with van der Waals surface area (Å²) in [5.74, 6) is 2.03. The van der Waals surface area contributed by atoms with Crippen LogP contribution in [0.1, 0.15) is 209 Å². The van der Waals surface area contributed by atoms with Crippen molar-refractivity contribution >= 4 is 44.6 Å². The molecule has 0 N–H and O–H groups in total. The van der Waals surface area contributed by atoms with Crippen LogP contribution in [0.2, 0.25) is 0 Å². The van der Waals surface area contributed by atoms with Crippen molar-refractivity contribution in [3.05, 3.63) is 245 Å². The number of fused-ring (bicyclic) bond motifs is 6. The Morgan fingerprint density at radius 3 is 1.50 bits per heavy atom. The molecule has 11 aromatic rings. The molecule has 6 heteroatoms. The predicted octanol–water partition coefficient (Wildman–Crippen LogP) is 25.5. The first-order valence-electron chi connectivity index (χ1n) is 35.5. The van der Waals surface area contributed by atoms with Gasteiger partial charge in [0.2, 0.25) is 0 Å². The smallest absolute Gasteiger partial charge is 0.135 e. The molecular weight excluding hydrogens is 1370 g/mol. The van der Waals surface area contributed by atoms with Gasteiger partial charge in [-0.1, -0.05) is 253 Å². The van der Waals surface area contributed by atoms with E-state index in [9.17, 15) is 0 Å². The SMILES string of the molecule is CC(C)(C)c1cc(-c2cc(C(C)(C)C)cc(-c3ccccc3)c2N2[CH-]N(c3[c-]c(Oc4[c-]c5c(cc4)c4c(-c6ccccc6)cccc4n5-c4cc(C(C)(C)C)c(-c5c6c(cc7c5C(C)(C)CCC7(C)C)C(C)(C)CCC6(C)C)cn4)ccc3)c3ccccc32)cc(C(C)(C)C)c1.[Pt]. The maximum Gasteiger partial charge on any atom is 0.135 e. The van der Waals surface area contributed by atoms with Gasteiger partial charge in [0.05, 0.1) is 0 Å². The Kier molecular flexibility index (Phi) is 16.9. The van der Waals surface area contributed by atoms with Crippen molar-refractivity contribution in [2.24, 2.45) is 0 Å². The van der Waals surface area contributed by atoms with Crippen LogP contribution in [0.25, 0.3) is 72.1 Å². The van der Waals surface area contributed by atoms with Crippen LogP contribution in [-0.4, -0.2) is 9.55 Å². The normalized spacial score (nSPS) is 16.4. The molecule has 2 aromatic heterocycles. The second-order valence-electron chi connectivity index (χ2n) is 35.1. The van der Waals surface area contributed by atoms with Gasteiger partial charge in [-0.25, -0.2) is 4.98 Å². The van der Waals surface area contributed by atoms with E-state index in [0.717, 1.165) is 92.7 Å². The number of rotatable bonds is 9. The van der Waals surface area contributed by atoms with Crippen molar-refractivity contribution in [2.75, 3.05) is 9.80 Å². The molecule has 2 aliphatic carbocycles. The van der Waals surface area contributed by atoms with E-state index in [1.165, 1.54) is 72.3 Å². The summed E-state index contributed by atoms with van der Waals surface area (Å²) in [5, 5.41) is 2.23. The molecule has 0 spiro atoms. The zero-order valence-corrected chi connectivity index (χ0v) is 64.0. The minimum atomic E-state index is -0.250. The quantitative estimate of drug-likeness (QED) is 0.135. The third-order valence-corrected chi connectivity index (χ3v) is 22.0. The number of ether oxygens (including phenoxy) is 1. The molecule has 0 saturated carbocycles. The van der Waals surface area contributed by atoms with Crippen LogP contribution >= 0.6 is 0 Å². The van der Waals surface area contributed by atoms with E-state index in [1.807, 2.05) is 6.07 Å². The van der Waals surface area contributed by atoms with Crippen LogP contribution in [0, 0.1) is 18.8 Å². The number of pyridine rings is 1. The first-order valence-corrected chi connectivity index (χ1v) is 35.5. The summed E-state index contributed by atoms with van der Waals surface area (Å²) in [4.78, 5) is 10.4. The molecule has 1 aliphatic heterocycles. The number of aromatic nitrogens is 2. The van der Waals surface area contributed by atoms with Gasteiger partial charge < -0.3 is 19.1 Å². The van der Waals surface area contributed by atoms with Gasteiger partial charge in [-0.05, 0) is 183 Å². The standard InChI is InChI=1S/C92H99N4O.Pt/c1-85(2,3)61-47-60(48-62(49-61)86(4,5)6)70-51-63(87(7,8)9)50-69(59-33-25-22-26-34-59)84(70)95-57-94(75-38-27-28-39-76(75)95)64-35-29-36-65(52-64)97-66-41-42-68-78(53-66)96(77-40-30-37-67(80(68)77)58-31-23-21-24-32-58)79-55-72(88(10,11)12)71(56-93-79)81-82-73(89(13,14)43-45-91(82,17)18)54-74-83(81)92(19,20)46-44-90(74,15)16;/h21-42,47-51,54-57H,43-46H2,1-20H3;/q-3;. The second kappa shape index (κ2) is 24.1. The van der Waals surface area contributed by atoms with Crippen molar-refractivity contribution in [1.82, 2.24) is 9.55 Å². The van der Waals surface area contributed by atoms with E-state index in [1.54, 1.807) is 0 Å². The van der Waals surface area contributed by atoms with Crippen LogP contribution in [0.15, 0.2) is 182 Å². The summed E-state index contributed by atoms with van der Waals surface area (Å²) in [6, 6.07) is 72.7. The van der Waals surface area contributed by atoms with Gasteiger partial charge in [0.15, 0.2) is 0 Å². The second-order valence-corrected chi connectivity index (χ2v) is 35.1. The van der Waals surface area contributed by atoms with Crippen LogP contribution in [0.3, 0.4) is 0 Å². The fourth-order valence-electron chi connectivity index (χ4n) is 16.0. The van der Waals surface area contributed by atoms with E-state index in [0.29, 0.717) is 11.5 Å². The van der Waals surface area contributed by atoms with Gasteiger partial charge in [0.25, 0.3) is 0 Å². The first kappa shape index (κ1) is 68.5. The summed E-state index contributed by atoms with van der Waals surface area (Å²) < 4.78 is 9.44. The van der Waals surface area contributed by atoms with Crippen LogP contribution < -0.4 is 14.5 Å². The van der Waals surface area contributed by atoms with Gasteiger partial charge in [-0.15, -0.1) is 48.1 Å². The molecule has 0 fully saturated rings. The molecule has 0 saturated heterocycles. The Balaban J connectivity index is 0.00000864.